The minimum Gasteiger partial charge on any atom is -0.321 e. The first kappa shape index (κ1) is 20.4. The van der Waals surface area contributed by atoms with Crippen molar-refractivity contribution in [2.45, 2.75) is 27.3 Å². The molecule has 0 fully saturated rings. The third kappa shape index (κ3) is 4.56. The maximum atomic E-state index is 12.7. The number of benzene rings is 2. The summed E-state index contributed by atoms with van der Waals surface area (Å²) in [7, 11) is 0. The average Bonchev–Trinajstić information content (AvgIpc) is 2.97. The molecule has 29 heavy (non-hydrogen) atoms. The van der Waals surface area contributed by atoms with Crippen LogP contribution in [0.2, 0.25) is 5.15 Å². The van der Waals surface area contributed by atoms with E-state index in [1.54, 1.807) is 11.6 Å². The van der Waals surface area contributed by atoms with E-state index in [-0.39, 0.29) is 5.57 Å². The van der Waals surface area contributed by atoms with Crippen molar-refractivity contribution >= 4 is 29.3 Å². The molecule has 1 N–H and O–H groups in total. The summed E-state index contributed by atoms with van der Waals surface area (Å²) in [5.41, 5.74) is 4.94. The van der Waals surface area contributed by atoms with E-state index in [2.05, 4.69) is 10.4 Å². The summed E-state index contributed by atoms with van der Waals surface area (Å²) in [6.45, 7) is 6.20. The van der Waals surface area contributed by atoms with Crippen LogP contribution in [0.1, 0.15) is 27.9 Å². The van der Waals surface area contributed by atoms with Crippen LogP contribution in [-0.4, -0.2) is 15.7 Å². The lowest BCUT2D eigenvalue weighted by atomic mass is 10.1. The maximum Gasteiger partial charge on any atom is 0.266 e. The fourth-order valence-corrected chi connectivity index (χ4v) is 3.25. The molecule has 1 heterocycles. The average molecular weight is 405 g/mol. The molecule has 1 amide bonds. The van der Waals surface area contributed by atoms with E-state index >= 15 is 0 Å². The number of halogens is 1. The van der Waals surface area contributed by atoms with Crippen molar-refractivity contribution in [1.82, 2.24) is 9.78 Å². The highest BCUT2D eigenvalue weighted by Gasteiger charge is 2.17. The monoisotopic (exact) mass is 404 g/mol. The third-order valence-electron chi connectivity index (χ3n) is 4.79. The highest BCUT2D eigenvalue weighted by molar-refractivity contribution is 6.31. The Labute approximate surface area is 175 Å². The van der Waals surface area contributed by atoms with E-state index in [0.29, 0.717) is 28.6 Å². The highest BCUT2D eigenvalue weighted by Crippen LogP contribution is 2.24. The molecule has 2 aromatic carbocycles. The molecule has 0 radical (unpaired) electrons. The lowest BCUT2D eigenvalue weighted by Gasteiger charge is -2.09. The molecule has 0 aliphatic carbocycles. The van der Waals surface area contributed by atoms with Gasteiger partial charge in [0.2, 0.25) is 0 Å². The minimum absolute atomic E-state index is 0.0323. The Morgan fingerprint density at radius 1 is 1.17 bits per heavy atom. The lowest BCUT2D eigenvalue weighted by molar-refractivity contribution is -0.112. The Morgan fingerprint density at radius 3 is 2.59 bits per heavy atom. The van der Waals surface area contributed by atoms with Gasteiger partial charge in [0.05, 0.1) is 12.2 Å². The number of nitrogens with one attached hydrogen (secondary N) is 1. The molecule has 1 aromatic heterocycles. The topological polar surface area (TPSA) is 70.7 Å². The van der Waals surface area contributed by atoms with Gasteiger partial charge in [0.25, 0.3) is 5.91 Å². The Bertz CT molecular complexity index is 1120. The molecule has 0 saturated carbocycles. The van der Waals surface area contributed by atoms with Crippen LogP contribution in [0.15, 0.2) is 54.1 Å². The van der Waals surface area contributed by atoms with Gasteiger partial charge in [-0.3, -0.25) is 4.79 Å². The molecule has 0 bridgehead atoms. The van der Waals surface area contributed by atoms with E-state index < -0.39 is 5.91 Å². The summed E-state index contributed by atoms with van der Waals surface area (Å²) in [5, 5.41) is 17.2. The minimum atomic E-state index is -0.479. The van der Waals surface area contributed by atoms with Gasteiger partial charge in [-0.1, -0.05) is 54.1 Å². The second-order valence-electron chi connectivity index (χ2n) is 6.80. The number of aromatic nitrogens is 2. The smallest absolute Gasteiger partial charge is 0.266 e. The first-order chi connectivity index (χ1) is 13.9. The van der Waals surface area contributed by atoms with Crippen LogP contribution in [0, 0.1) is 32.1 Å². The molecule has 0 aliphatic heterocycles. The number of amides is 1. The van der Waals surface area contributed by atoms with Gasteiger partial charge in [0.1, 0.15) is 16.8 Å². The van der Waals surface area contributed by atoms with E-state index in [1.807, 2.05) is 68.4 Å². The second-order valence-corrected chi connectivity index (χ2v) is 7.16. The molecular formula is C23H21ClN4O. The van der Waals surface area contributed by atoms with Crippen molar-refractivity contribution in [3.8, 4) is 6.07 Å². The number of hydrogen-bond acceptors (Lipinski definition) is 3. The van der Waals surface area contributed by atoms with Crippen LogP contribution in [0.4, 0.5) is 5.69 Å². The summed E-state index contributed by atoms with van der Waals surface area (Å²) < 4.78 is 1.66. The Balaban J connectivity index is 1.88. The van der Waals surface area contributed by atoms with Crippen LogP contribution in [0.25, 0.3) is 6.08 Å². The summed E-state index contributed by atoms with van der Waals surface area (Å²) in [4.78, 5) is 12.7. The zero-order chi connectivity index (χ0) is 21.0. The zero-order valence-electron chi connectivity index (χ0n) is 16.5. The number of anilines is 1. The molecule has 3 rings (SSSR count). The van der Waals surface area contributed by atoms with Crippen molar-refractivity contribution < 1.29 is 4.79 Å². The molecule has 146 valence electrons. The largest absolute Gasteiger partial charge is 0.321 e. The van der Waals surface area contributed by atoms with E-state index in [9.17, 15) is 10.1 Å². The predicted octanol–water partition coefficient (Wildman–Crippen LogP) is 5.06. The normalized spacial score (nSPS) is 11.2. The van der Waals surface area contributed by atoms with Crippen molar-refractivity contribution in [1.29, 1.82) is 5.26 Å². The van der Waals surface area contributed by atoms with Gasteiger partial charge in [0, 0.05) is 11.3 Å². The fourth-order valence-electron chi connectivity index (χ4n) is 2.96. The lowest BCUT2D eigenvalue weighted by Crippen LogP contribution is -2.14. The van der Waals surface area contributed by atoms with E-state index in [4.69, 9.17) is 11.6 Å². The van der Waals surface area contributed by atoms with Crippen molar-refractivity contribution in [2.75, 3.05) is 5.32 Å². The van der Waals surface area contributed by atoms with Crippen LogP contribution in [0.3, 0.4) is 0 Å². The molecule has 6 heteroatoms. The number of nitrogens with zero attached hydrogens (tertiary/aromatic N) is 3. The van der Waals surface area contributed by atoms with Crippen molar-refractivity contribution in [3.05, 3.63) is 87.2 Å². The number of hydrogen-bond donors (Lipinski definition) is 1. The van der Waals surface area contributed by atoms with Gasteiger partial charge in [-0.25, -0.2) is 4.68 Å². The summed E-state index contributed by atoms with van der Waals surface area (Å²) in [6.07, 6.45) is 1.49. The highest BCUT2D eigenvalue weighted by atomic mass is 35.5. The van der Waals surface area contributed by atoms with Gasteiger partial charge in [-0.15, -0.1) is 0 Å². The quantitative estimate of drug-likeness (QED) is 0.477. The second kappa shape index (κ2) is 8.76. The summed E-state index contributed by atoms with van der Waals surface area (Å²) in [6, 6.07) is 17.4. The summed E-state index contributed by atoms with van der Waals surface area (Å²) in [5.74, 6) is -0.479. The SMILES string of the molecule is Cc1cccc(NC(=O)/C(C#N)=C/c2c(C)nn(Cc3ccccc3)c2Cl)c1C. The maximum absolute atomic E-state index is 12.7. The molecule has 0 unspecified atom stereocenters. The first-order valence-electron chi connectivity index (χ1n) is 9.17. The molecule has 5 nitrogen and oxygen atoms in total. The van der Waals surface area contributed by atoms with Gasteiger partial charge < -0.3 is 5.32 Å². The molecule has 0 aliphatic rings. The molecule has 3 aromatic rings. The number of carbonyl (C=O) groups is 1. The Hall–Kier alpha value is -3.36. The standard InChI is InChI=1S/C23H21ClN4O/c1-15-8-7-11-21(16(15)2)26-23(29)19(13-25)12-20-17(3)27-28(22(20)24)14-18-9-5-4-6-10-18/h4-12H,14H2,1-3H3,(H,26,29)/b19-12+. The molecular weight excluding hydrogens is 384 g/mol. The Morgan fingerprint density at radius 2 is 1.90 bits per heavy atom. The third-order valence-corrected chi connectivity index (χ3v) is 5.19. The van der Waals surface area contributed by atoms with E-state index in [1.165, 1.54) is 6.08 Å². The number of carbonyl (C=O) groups excluding carboxylic acids is 1. The molecule has 0 atom stereocenters. The predicted molar refractivity (Wildman–Crippen MR) is 116 cm³/mol. The molecule has 0 spiro atoms. The number of rotatable bonds is 5. The van der Waals surface area contributed by atoms with Crippen molar-refractivity contribution in [3.63, 3.8) is 0 Å². The fraction of sp³-hybridized carbons (Fsp3) is 0.174. The van der Waals surface area contributed by atoms with Crippen molar-refractivity contribution in [2.24, 2.45) is 0 Å². The van der Waals surface area contributed by atoms with Crippen LogP contribution >= 0.6 is 11.6 Å². The van der Waals surface area contributed by atoms with Gasteiger partial charge in [-0.05, 0) is 49.6 Å². The van der Waals surface area contributed by atoms with Crippen LogP contribution in [-0.2, 0) is 11.3 Å². The van der Waals surface area contributed by atoms with Gasteiger partial charge in [0.15, 0.2) is 0 Å². The zero-order valence-corrected chi connectivity index (χ0v) is 17.3. The van der Waals surface area contributed by atoms with Crippen LogP contribution < -0.4 is 5.32 Å². The first-order valence-corrected chi connectivity index (χ1v) is 9.54. The Kier molecular flexibility index (Phi) is 6.16. The van der Waals surface area contributed by atoms with Gasteiger partial charge in [-0.2, -0.15) is 10.4 Å². The van der Waals surface area contributed by atoms with E-state index in [0.717, 1.165) is 16.7 Å². The van der Waals surface area contributed by atoms with Gasteiger partial charge >= 0.3 is 0 Å². The summed E-state index contributed by atoms with van der Waals surface area (Å²) >= 11 is 6.51. The molecule has 0 saturated heterocycles. The van der Waals surface area contributed by atoms with Crippen LogP contribution in [0.5, 0.6) is 0 Å². The number of nitriles is 1. The number of aryl methyl sites for hydroxylation is 2.